The van der Waals surface area contributed by atoms with Gasteiger partial charge < -0.3 is 14.9 Å². The van der Waals surface area contributed by atoms with Gasteiger partial charge in [0.15, 0.2) is 5.13 Å². The van der Waals surface area contributed by atoms with E-state index < -0.39 is 0 Å². The Morgan fingerprint density at radius 3 is 2.81 bits per heavy atom. The third kappa shape index (κ3) is 3.10. The van der Waals surface area contributed by atoms with Crippen LogP contribution in [-0.4, -0.2) is 53.7 Å². The molecule has 2 aliphatic rings. The van der Waals surface area contributed by atoms with Crippen LogP contribution in [0.4, 0.5) is 9.52 Å². The fourth-order valence-corrected chi connectivity index (χ4v) is 4.93. The molecule has 2 aromatic rings. The lowest BCUT2D eigenvalue weighted by Gasteiger charge is -2.39. The molecule has 0 bridgehead atoms. The normalized spacial score (nSPS) is 23.2. The number of aliphatic hydroxyl groups excluding tert-OH is 1. The fourth-order valence-electron chi connectivity index (χ4n) is 4.06. The quantitative estimate of drug-likeness (QED) is 0.893. The van der Waals surface area contributed by atoms with E-state index in [4.69, 9.17) is 4.98 Å². The van der Waals surface area contributed by atoms with E-state index in [1.807, 2.05) is 5.38 Å². The Labute approximate surface area is 156 Å². The van der Waals surface area contributed by atoms with E-state index in [1.54, 1.807) is 28.4 Å². The molecule has 1 atom stereocenters. The maximum absolute atomic E-state index is 13.1. The van der Waals surface area contributed by atoms with Crippen molar-refractivity contribution in [3.8, 4) is 11.3 Å². The molecular formula is C19H22FN3O2S. The van der Waals surface area contributed by atoms with E-state index in [1.165, 1.54) is 12.1 Å². The molecule has 2 aliphatic heterocycles. The van der Waals surface area contributed by atoms with E-state index in [-0.39, 0.29) is 23.7 Å². The Balaban J connectivity index is 1.50. The number of rotatable bonds is 4. The van der Waals surface area contributed by atoms with Crippen molar-refractivity contribution in [1.82, 2.24) is 9.88 Å². The number of carbonyl (C=O) groups excluding carboxylic acids is 1. The maximum Gasteiger partial charge on any atom is 0.230 e. The highest BCUT2D eigenvalue weighted by Gasteiger charge is 2.48. The Morgan fingerprint density at radius 2 is 2.04 bits per heavy atom. The van der Waals surface area contributed by atoms with Crippen LogP contribution in [0, 0.1) is 11.2 Å². The first-order chi connectivity index (χ1) is 12.6. The zero-order chi connectivity index (χ0) is 18.1. The van der Waals surface area contributed by atoms with Crippen LogP contribution in [-0.2, 0) is 4.79 Å². The van der Waals surface area contributed by atoms with Gasteiger partial charge in [-0.05, 0) is 43.5 Å². The van der Waals surface area contributed by atoms with Gasteiger partial charge in [-0.15, -0.1) is 11.3 Å². The number of thiazole rings is 1. The molecule has 2 fully saturated rings. The largest absolute Gasteiger partial charge is 0.395 e. The SMILES string of the molecule is O=C1N(CCO)CCCC12CCN(c1nc(-c3ccc(F)cc3)cs1)C2. The molecule has 1 spiro atoms. The van der Waals surface area contributed by atoms with Crippen LogP contribution in [0.2, 0.25) is 0 Å². The standard InChI is InChI=1S/C19H22FN3O2S/c20-15-4-2-14(3-5-15)16-12-26-18(21-16)23-9-7-19(13-23)6-1-8-22(10-11-24)17(19)25/h2-5,12,24H,1,6-11,13H2. The molecule has 3 heterocycles. The van der Waals surface area contributed by atoms with Gasteiger partial charge in [-0.25, -0.2) is 9.37 Å². The van der Waals surface area contributed by atoms with Gasteiger partial charge in [-0.2, -0.15) is 0 Å². The summed E-state index contributed by atoms with van der Waals surface area (Å²) < 4.78 is 13.1. The second-order valence-corrected chi connectivity index (χ2v) is 7.93. The highest BCUT2D eigenvalue weighted by atomic mass is 32.1. The monoisotopic (exact) mass is 375 g/mol. The van der Waals surface area contributed by atoms with Gasteiger partial charge in [-0.1, -0.05) is 0 Å². The first-order valence-corrected chi connectivity index (χ1v) is 9.86. The first kappa shape index (κ1) is 17.4. The lowest BCUT2D eigenvalue weighted by molar-refractivity contribution is -0.145. The Hall–Kier alpha value is -1.99. The van der Waals surface area contributed by atoms with Crippen LogP contribution in [0.1, 0.15) is 19.3 Å². The van der Waals surface area contributed by atoms with Gasteiger partial charge >= 0.3 is 0 Å². The van der Waals surface area contributed by atoms with Crippen molar-refractivity contribution in [2.45, 2.75) is 19.3 Å². The molecule has 2 saturated heterocycles. The Kier molecular flexibility index (Phi) is 4.67. The predicted molar refractivity (Wildman–Crippen MR) is 99.7 cm³/mol. The topological polar surface area (TPSA) is 56.7 Å². The number of halogens is 1. The van der Waals surface area contributed by atoms with Crippen molar-refractivity contribution in [2.24, 2.45) is 5.41 Å². The zero-order valence-corrected chi connectivity index (χ0v) is 15.3. The number of β-amino-alcohol motifs (C(OH)–C–C–N with tert-alkyl or cyclic N) is 1. The maximum atomic E-state index is 13.1. The van der Waals surface area contributed by atoms with Crippen LogP contribution < -0.4 is 4.90 Å². The smallest absolute Gasteiger partial charge is 0.230 e. The summed E-state index contributed by atoms with van der Waals surface area (Å²) >= 11 is 1.56. The summed E-state index contributed by atoms with van der Waals surface area (Å²) in [6.45, 7) is 2.68. The number of amides is 1. The van der Waals surface area contributed by atoms with Gasteiger partial charge in [0.1, 0.15) is 5.82 Å². The van der Waals surface area contributed by atoms with Crippen LogP contribution >= 0.6 is 11.3 Å². The average molecular weight is 375 g/mol. The predicted octanol–water partition coefficient (Wildman–Crippen LogP) is 2.76. The lowest BCUT2D eigenvalue weighted by Crippen LogP contribution is -2.50. The molecule has 138 valence electrons. The summed E-state index contributed by atoms with van der Waals surface area (Å²) in [6, 6.07) is 6.35. The summed E-state index contributed by atoms with van der Waals surface area (Å²) in [6.07, 6.45) is 2.72. The second kappa shape index (κ2) is 6.96. The fraction of sp³-hybridized carbons (Fsp3) is 0.474. The van der Waals surface area contributed by atoms with E-state index in [0.29, 0.717) is 13.1 Å². The minimum absolute atomic E-state index is 0.0129. The van der Waals surface area contributed by atoms with Crippen molar-refractivity contribution < 1.29 is 14.3 Å². The highest BCUT2D eigenvalue weighted by molar-refractivity contribution is 7.14. The van der Waals surface area contributed by atoms with E-state index in [2.05, 4.69) is 4.90 Å². The van der Waals surface area contributed by atoms with Crippen molar-refractivity contribution in [3.63, 3.8) is 0 Å². The Bertz CT molecular complexity index is 792. The number of benzene rings is 1. The average Bonchev–Trinajstić information content (AvgIpc) is 3.28. The third-order valence-electron chi connectivity index (χ3n) is 5.45. The molecule has 1 amide bonds. The number of piperidine rings is 1. The van der Waals surface area contributed by atoms with Gasteiger partial charge in [0.05, 0.1) is 17.7 Å². The summed E-state index contributed by atoms with van der Waals surface area (Å²) in [7, 11) is 0. The number of hydrogen-bond donors (Lipinski definition) is 1. The van der Waals surface area contributed by atoms with Gasteiger partial charge in [-0.3, -0.25) is 4.79 Å². The van der Waals surface area contributed by atoms with Gasteiger partial charge in [0, 0.05) is 37.1 Å². The van der Waals surface area contributed by atoms with Crippen molar-refractivity contribution in [3.05, 3.63) is 35.5 Å². The van der Waals surface area contributed by atoms with Crippen LogP contribution in [0.5, 0.6) is 0 Å². The molecule has 26 heavy (non-hydrogen) atoms. The first-order valence-electron chi connectivity index (χ1n) is 8.98. The molecule has 0 saturated carbocycles. The van der Waals surface area contributed by atoms with Crippen molar-refractivity contribution in [1.29, 1.82) is 0 Å². The summed E-state index contributed by atoms with van der Waals surface area (Å²) in [5.41, 5.74) is 1.39. The second-order valence-electron chi connectivity index (χ2n) is 7.09. The summed E-state index contributed by atoms with van der Waals surface area (Å²) in [5.74, 6) is -0.0791. The summed E-state index contributed by atoms with van der Waals surface area (Å²) in [5, 5.41) is 12.1. The van der Waals surface area contributed by atoms with E-state index in [9.17, 15) is 14.3 Å². The number of aliphatic hydroxyl groups is 1. The van der Waals surface area contributed by atoms with E-state index in [0.717, 1.165) is 48.7 Å². The van der Waals surface area contributed by atoms with Gasteiger partial charge in [0.2, 0.25) is 5.91 Å². The molecule has 1 N–H and O–H groups in total. The number of anilines is 1. The van der Waals surface area contributed by atoms with Crippen molar-refractivity contribution >= 4 is 22.4 Å². The van der Waals surface area contributed by atoms with Crippen molar-refractivity contribution in [2.75, 3.05) is 37.7 Å². The lowest BCUT2D eigenvalue weighted by atomic mass is 9.78. The molecular weight excluding hydrogens is 353 g/mol. The minimum Gasteiger partial charge on any atom is -0.395 e. The number of carbonyl (C=O) groups is 1. The molecule has 1 aromatic heterocycles. The van der Waals surface area contributed by atoms with Gasteiger partial charge in [0.25, 0.3) is 0 Å². The van der Waals surface area contributed by atoms with Crippen LogP contribution in [0.15, 0.2) is 29.6 Å². The third-order valence-corrected chi connectivity index (χ3v) is 6.35. The molecule has 5 nitrogen and oxygen atoms in total. The molecule has 0 aliphatic carbocycles. The number of aromatic nitrogens is 1. The molecule has 1 aromatic carbocycles. The molecule has 1 unspecified atom stereocenters. The molecule has 0 radical (unpaired) electrons. The highest BCUT2D eigenvalue weighted by Crippen LogP contribution is 2.42. The number of hydrogen-bond acceptors (Lipinski definition) is 5. The Morgan fingerprint density at radius 1 is 1.23 bits per heavy atom. The van der Waals surface area contributed by atoms with Crippen LogP contribution in [0.25, 0.3) is 11.3 Å². The minimum atomic E-state index is -0.338. The number of likely N-dealkylation sites (tertiary alicyclic amines) is 1. The van der Waals surface area contributed by atoms with E-state index >= 15 is 0 Å². The number of nitrogens with zero attached hydrogens (tertiary/aromatic N) is 3. The summed E-state index contributed by atoms with van der Waals surface area (Å²) in [4.78, 5) is 21.6. The molecule has 4 rings (SSSR count). The molecule has 7 heteroatoms. The van der Waals surface area contributed by atoms with Crippen LogP contribution in [0.3, 0.4) is 0 Å². The zero-order valence-electron chi connectivity index (χ0n) is 14.5.